The van der Waals surface area contributed by atoms with Crippen molar-refractivity contribution in [3.05, 3.63) is 53.5 Å². The number of allylic oxidation sites excluding steroid dienone is 4. The highest BCUT2D eigenvalue weighted by atomic mass is 32.2. The maximum atomic E-state index is 12.9. The van der Waals surface area contributed by atoms with E-state index in [1.54, 1.807) is 18.2 Å². The Balaban J connectivity index is 0.00000220. The summed E-state index contributed by atoms with van der Waals surface area (Å²) in [6.45, 7) is 4.02. The Labute approximate surface area is 120 Å². The first-order valence-electron chi connectivity index (χ1n) is 6.56. The molecule has 0 atom stereocenters. The summed E-state index contributed by atoms with van der Waals surface area (Å²) in [5, 5.41) is 0. The summed E-state index contributed by atoms with van der Waals surface area (Å²) in [5.41, 5.74) is 1.48. The van der Waals surface area contributed by atoms with Gasteiger partial charge in [0.25, 0.3) is 10.0 Å². The first-order chi connectivity index (χ1) is 9.38. The fourth-order valence-electron chi connectivity index (χ4n) is 1.97. The Morgan fingerprint density at radius 3 is 2.60 bits per heavy atom. The summed E-state index contributed by atoms with van der Waals surface area (Å²) < 4.78 is 40.0. The molecule has 1 aliphatic rings. The van der Waals surface area contributed by atoms with E-state index in [2.05, 4.69) is 4.72 Å². The molecule has 0 saturated carbocycles. The molecule has 3 nitrogen and oxygen atoms in total. The maximum Gasteiger partial charge on any atom is 0.261 e. The van der Waals surface area contributed by atoms with Crippen LogP contribution in [0, 0.1) is 0 Å². The molecular weight excluding hydrogens is 277 g/mol. The number of rotatable bonds is 4. The van der Waals surface area contributed by atoms with Crippen molar-refractivity contribution in [1.82, 2.24) is 4.72 Å². The quantitative estimate of drug-likeness (QED) is 0.917. The minimum absolute atomic E-state index is 0. The number of halogens is 1. The number of hydrogen-bond donors (Lipinski definition) is 1. The average molecular weight is 297 g/mol. The van der Waals surface area contributed by atoms with Crippen molar-refractivity contribution in [1.29, 1.82) is 0 Å². The lowest BCUT2D eigenvalue weighted by Gasteiger charge is -2.14. The zero-order valence-corrected chi connectivity index (χ0v) is 12.4. The first kappa shape index (κ1) is 14.8. The molecular formula is C15H20FNO2S. The molecule has 0 bridgehead atoms. The van der Waals surface area contributed by atoms with Gasteiger partial charge in [-0.1, -0.05) is 26.0 Å². The third-order valence-electron chi connectivity index (χ3n) is 3.20. The Kier molecular flexibility index (Phi) is 4.28. The van der Waals surface area contributed by atoms with Crippen LogP contribution in [0.2, 0.25) is 0 Å². The normalized spacial score (nSPS) is 15.8. The first-order valence-corrected chi connectivity index (χ1v) is 8.05. The highest BCUT2D eigenvalue weighted by Crippen LogP contribution is 2.21. The van der Waals surface area contributed by atoms with Crippen LogP contribution in [0.25, 0.3) is 0 Å². The van der Waals surface area contributed by atoms with Crippen LogP contribution in [0.4, 0.5) is 4.39 Å². The van der Waals surface area contributed by atoms with E-state index >= 15 is 0 Å². The van der Waals surface area contributed by atoms with Crippen molar-refractivity contribution >= 4 is 10.0 Å². The third-order valence-corrected chi connectivity index (χ3v) is 4.60. The predicted octanol–water partition coefficient (Wildman–Crippen LogP) is 3.87. The monoisotopic (exact) mass is 297 g/mol. The summed E-state index contributed by atoms with van der Waals surface area (Å²) in [7, 11) is -3.60. The van der Waals surface area contributed by atoms with Crippen molar-refractivity contribution < 1.29 is 14.2 Å². The minimum atomic E-state index is -3.60. The van der Waals surface area contributed by atoms with Crippen molar-refractivity contribution in [2.24, 2.45) is 0 Å². The molecule has 2 rings (SSSR count). The molecule has 0 radical (unpaired) electrons. The summed E-state index contributed by atoms with van der Waals surface area (Å²) in [6.07, 6.45) is 3.38. The molecule has 0 heterocycles. The Hall–Kier alpha value is -1.62. The van der Waals surface area contributed by atoms with Gasteiger partial charge in [-0.3, -0.25) is 4.72 Å². The average Bonchev–Trinajstić information content (AvgIpc) is 2.41. The summed E-state index contributed by atoms with van der Waals surface area (Å²) >= 11 is 0. The van der Waals surface area contributed by atoms with Crippen LogP contribution in [0.1, 0.15) is 39.6 Å². The topological polar surface area (TPSA) is 46.2 Å². The van der Waals surface area contributed by atoms with Crippen LogP contribution < -0.4 is 4.72 Å². The van der Waals surface area contributed by atoms with Crippen molar-refractivity contribution in [3.63, 3.8) is 0 Å². The van der Waals surface area contributed by atoms with E-state index in [4.69, 9.17) is 0 Å². The van der Waals surface area contributed by atoms with Crippen molar-refractivity contribution in [2.45, 2.75) is 37.5 Å². The molecule has 5 heteroatoms. The van der Waals surface area contributed by atoms with Crippen LogP contribution in [-0.2, 0) is 10.0 Å². The second kappa shape index (κ2) is 5.79. The smallest absolute Gasteiger partial charge is 0.261 e. The fraction of sp³-hybridized carbons (Fsp3) is 0.333. The van der Waals surface area contributed by atoms with E-state index in [1.165, 1.54) is 12.2 Å². The van der Waals surface area contributed by atoms with Crippen LogP contribution in [-0.4, -0.2) is 8.42 Å². The lowest BCUT2D eigenvalue weighted by atomic mass is 10.0. The zero-order valence-electron chi connectivity index (χ0n) is 11.6. The molecule has 1 N–H and O–H groups in total. The third kappa shape index (κ3) is 3.48. The van der Waals surface area contributed by atoms with Gasteiger partial charge < -0.3 is 0 Å². The molecule has 1 aliphatic carbocycles. The van der Waals surface area contributed by atoms with Gasteiger partial charge in [0, 0.05) is 13.5 Å². The molecule has 110 valence electrons. The molecule has 0 spiro atoms. The summed E-state index contributed by atoms with van der Waals surface area (Å²) in [4.78, 5) is 0.236. The highest BCUT2D eigenvalue weighted by Gasteiger charge is 2.17. The molecule has 0 saturated heterocycles. The van der Waals surface area contributed by atoms with Crippen LogP contribution in [0.5, 0.6) is 0 Å². The molecule has 0 aliphatic heterocycles. The van der Waals surface area contributed by atoms with Gasteiger partial charge in [-0.2, -0.15) is 0 Å². The van der Waals surface area contributed by atoms with E-state index in [9.17, 15) is 12.8 Å². The van der Waals surface area contributed by atoms with Gasteiger partial charge in [0.2, 0.25) is 0 Å². The molecule has 0 unspecified atom stereocenters. The van der Waals surface area contributed by atoms with Gasteiger partial charge >= 0.3 is 0 Å². The summed E-state index contributed by atoms with van der Waals surface area (Å²) in [5.74, 6) is 0.0332. The van der Waals surface area contributed by atoms with Crippen LogP contribution >= 0.6 is 0 Å². The van der Waals surface area contributed by atoms with Gasteiger partial charge in [-0.25, -0.2) is 12.8 Å². The second-order valence-corrected chi connectivity index (χ2v) is 6.82. The molecule has 0 aromatic heterocycles. The molecule has 0 fully saturated rings. The lowest BCUT2D eigenvalue weighted by molar-refractivity contribution is 0.568. The minimum Gasteiger partial charge on any atom is -0.283 e. The van der Waals surface area contributed by atoms with Crippen molar-refractivity contribution in [3.8, 4) is 0 Å². The van der Waals surface area contributed by atoms with E-state index in [-0.39, 0.29) is 24.5 Å². The predicted molar refractivity (Wildman–Crippen MR) is 79.5 cm³/mol. The molecule has 1 aromatic carbocycles. The van der Waals surface area contributed by atoms with E-state index in [1.807, 2.05) is 19.9 Å². The summed E-state index contributed by atoms with van der Waals surface area (Å²) in [6, 6.07) is 6.88. The lowest BCUT2D eigenvalue weighted by Crippen LogP contribution is -2.24. The van der Waals surface area contributed by atoms with Crippen LogP contribution in [0.15, 0.2) is 52.8 Å². The molecule has 20 heavy (non-hydrogen) atoms. The SMILES string of the molecule is CC(C)c1cccc(S(=O)(=O)NC2=CC=C(F)CC2)c1.[HH]. The highest BCUT2D eigenvalue weighted by molar-refractivity contribution is 7.89. The number of sulfonamides is 1. The largest absolute Gasteiger partial charge is 0.283 e. The Bertz CT molecular complexity index is 666. The second-order valence-electron chi connectivity index (χ2n) is 5.14. The van der Waals surface area contributed by atoms with Gasteiger partial charge in [-0.15, -0.1) is 0 Å². The number of nitrogens with one attached hydrogen (secondary N) is 1. The Morgan fingerprint density at radius 1 is 1.25 bits per heavy atom. The van der Waals surface area contributed by atoms with E-state index in [0.29, 0.717) is 12.1 Å². The number of benzene rings is 1. The van der Waals surface area contributed by atoms with Gasteiger partial charge in [0.15, 0.2) is 0 Å². The molecule has 1 aromatic rings. The van der Waals surface area contributed by atoms with Gasteiger partial charge in [0.05, 0.1) is 4.90 Å². The van der Waals surface area contributed by atoms with E-state index < -0.39 is 10.0 Å². The van der Waals surface area contributed by atoms with E-state index in [0.717, 1.165) is 5.56 Å². The fourth-order valence-corrected chi connectivity index (χ4v) is 3.15. The Morgan fingerprint density at radius 2 is 2.00 bits per heavy atom. The zero-order chi connectivity index (χ0) is 14.8. The maximum absolute atomic E-state index is 12.9. The number of hydrogen-bond acceptors (Lipinski definition) is 2. The van der Waals surface area contributed by atoms with Crippen LogP contribution in [0.3, 0.4) is 0 Å². The van der Waals surface area contributed by atoms with Crippen molar-refractivity contribution in [2.75, 3.05) is 0 Å². The standard InChI is InChI=1S/C15H18FNO2S.H2/c1-11(2)12-4-3-5-15(10-12)20(18,19)17-14-8-6-13(16)7-9-14;/h3-6,8,10-11,17H,7,9H2,1-2H3;1H. The molecule has 0 amide bonds. The van der Waals surface area contributed by atoms with Gasteiger partial charge in [-0.05, 0) is 42.2 Å². The van der Waals surface area contributed by atoms with Gasteiger partial charge in [0.1, 0.15) is 5.83 Å².